The lowest BCUT2D eigenvalue weighted by atomic mass is 9.75. The Bertz CT molecular complexity index is 1290. The van der Waals surface area contributed by atoms with E-state index in [2.05, 4.69) is 10.6 Å². The zero-order valence-electron chi connectivity index (χ0n) is 37.3. The smallest absolute Gasteiger partial charge is 0.311 e. The number of carbonyl (C=O) groups excluding carboxylic acids is 1. The van der Waals surface area contributed by atoms with Gasteiger partial charge in [-0.3, -0.25) is 4.79 Å². The highest BCUT2D eigenvalue weighted by molar-refractivity contribution is 5.73. The van der Waals surface area contributed by atoms with Crippen LogP contribution < -0.4 is 16.4 Å². The van der Waals surface area contributed by atoms with Crippen LogP contribution in [-0.4, -0.2) is 148 Å². The number of rotatable bonds is 10. The average molecular weight is 832 g/mol. The molecule has 18 atom stereocenters. The van der Waals surface area contributed by atoms with Crippen molar-refractivity contribution in [3.05, 3.63) is 0 Å². The average Bonchev–Trinajstić information content (AvgIpc) is 3.16. The van der Waals surface area contributed by atoms with Gasteiger partial charge in [-0.1, -0.05) is 40.0 Å². The topological polar surface area (TPSA) is 224 Å². The molecular weight excluding hydrogens is 750 g/mol. The maximum Gasteiger partial charge on any atom is 0.311 e. The number of hydrogen-bond acceptors (Lipinski definition) is 15. The largest absolute Gasteiger partial charge is 0.459 e. The second kappa shape index (κ2) is 20.4. The van der Waals surface area contributed by atoms with Crippen molar-refractivity contribution in [3.8, 4) is 0 Å². The summed E-state index contributed by atoms with van der Waals surface area (Å²) in [7, 11) is 1.55. The van der Waals surface area contributed by atoms with Gasteiger partial charge in [-0.25, -0.2) is 0 Å². The van der Waals surface area contributed by atoms with Gasteiger partial charge >= 0.3 is 5.97 Å². The molecule has 1 saturated carbocycles. The number of cyclic esters (lactones) is 1. The number of esters is 1. The van der Waals surface area contributed by atoms with Crippen molar-refractivity contribution in [2.75, 3.05) is 26.7 Å². The van der Waals surface area contributed by atoms with Crippen LogP contribution in [0.25, 0.3) is 0 Å². The Morgan fingerprint density at radius 2 is 1.60 bits per heavy atom. The third kappa shape index (κ3) is 11.3. The van der Waals surface area contributed by atoms with Crippen LogP contribution in [0.5, 0.6) is 0 Å². The number of hydrogen-bond donors (Lipinski definition) is 8. The first kappa shape index (κ1) is 49.6. The highest BCUT2D eigenvalue weighted by atomic mass is 16.7. The number of ether oxygens (including phenoxy) is 6. The Hall–Kier alpha value is -1.05. The number of nitrogens with two attached hydrogens (primary N) is 1. The minimum absolute atomic E-state index is 0.0938. The third-order valence-corrected chi connectivity index (χ3v) is 14.2. The molecular formula is C43H81N3O12. The lowest BCUT2D eigenvalue weighted by Gasteiger charge is -2.53. The maximum absolute atomic E-state index is 14.3. The molecule has 0 aromatic rings. The number of nitrogens with one attached hydrogen (secondary N) is 2. The van der Waals surface area contributed by atoms with E-state index >= 15 is 0 Å². The van der Waals surface area contributed by atoms with Gasteiger partial charge in [-0.15, -0.1) is 0 Å². The summed E-state index contributed by atoms with van der Waals surface area (Å²) >= 11 is 0. The van der Waals surface area contributed by atoms with E-state index in [4.69, 9.17) is 34.2 Å². The highest BCUT2D eigenvalue weighted by Crippen LogP contribution is 2.43. The van der Waals surface area contributed by atoms with E-state index in [1.807, 2.05) is 20.8 Å². The molecule has 15 nitrogen and oxygen atoms in total. The van der Waals surface area contributed by atoms with Crippen LogP contribution in [-0.2, 0) is 33.2 Å². The van der Waals surface area contributed by atoms with Crippen LogP contribution in [0.15, 0.2) is 0 Å². The van der Waals surface area contributed by atoms with E-state index in [9.17, 15) is 30.3 Å². The molecule has 3 aliphatic heterocycles. The standard InChI is InChI=1S/C43H81N3O12/c1-12-32-42(10,51)36(48)24(2)21-46-25(3)19-40(8,50)37(58-39-34(47)31(44)18-26(4)54-39)27(5)35(28(6)38(49)56-32)57-33-20-41(9,53-11)43(52,29(7)55-33)23-45-22-30-16-14-13-15-17-30/h24-37,39,45-48,50-52H,12-23,44H2,1-11H3/t24-,25-,26-,27-,28-,29+,31+,32+,33?,34-,35-,36+,37-,39+,40-,41-,42-,43+/m1/s1. The van der Waals surface area contributed by atoms with Crippen molar-refractivity contribution >= 4 is 5.97 Å². The molecule has 0 amide bonds. The Kier molecular flexibility index (Phi) is 17.5. The molecule has 4 rings (SSSR count). The van der Waals surface area contributed by atoms with E-state index in [1.165, 1.54) is 26.2 Å². The molecule has 3 saturated heterocycles. The lowest BCUT2D eigenvalue weighted by molar-refractivity contribution is -0.335. The summed E-state index contributed by atoms with van der Waals surface area (Å²) in [5.74, 6) is -2.45. The zero-order valence-corrected chi connectivity index (χ0v) is 37.3. The first-order chi connectivity index (χ1) is 27.0. The van der Waals surface area contributed by atoms with E-state index in [0.717, 1.165) is 19.4 Å². The first-order valence-electron chi connectivity index (χ1n) is 22.1. The second-order valence-electron chi connectivity index (χ2n) is 19.3. The Morgan fingerprint density at radius 1 is 0.948 bits per heavy atom. The first-order valence-corrected chi connectivity index (χ1v) is 22.1. The van der Waals surface area contributed by atoms with Gasteiger partial charge in [0, 0.05) is 44.6 Å². The molecule has 4 fully saturated rings. The molecule has 4 aliphatic rings. The molecule has 9 N–H and O–H groups in total. The van der Waals surface area contributed by atoms with Crippen molar-refractivity contribution < 1.29 is 58.7 Å². The van der Waals surface area contributed by atoms with Gasteiger partial charge in [0.1, 0.15) is 29.0 Å². The summed E-state index contributed by atoms with van der Waals surface area (Å²) in [5, 5.41) is 65.9. The molecule has 15 heteroatoms. The maximum atomic E-state index is 14.3. The SMILES string of the molecule is CC[C@@H]1OC(=O)[C@H](C)[C@H](OC2C[C@@](C)(OC)[C@](O)(CNCC3CCCCC3)[C@H](C)O2)[C@@H](C)[C@@H](O[C@@H]2O[C@H](C)C[C@H](N)[C@H]2O)[C@](C)(O)C[C@@H](C)NC[C@@H](C)[C@H](O)[C@]1(C)O. The van der Waals surface area contributed by atoms with E-state index < -0.39 is 101 Å². The van der Waals surface area contributed by atoms with E-state index in [0.29, 0.717) is 12.3 Å². The summed E-state index contributed by atoms with van der Waals surface area (Å²) in [6.07, 6.45) is -2.10. The highest BCUT2D eigenvalue weighted by Gasteiger charge is 2.58. The van der Waals surface area contributed by atoms with Crippen LogP contribution in [0.1, 0.15) is 127 Å². The monoisotopic (exact) mass is 832 g/mol. The van der Waals surface area contributed by atoms with Crippen LogP contribution >= 0.6 is 0 Å². The molecule has 0 radical (unpaired) electrons. The number of aliphatic hydroxyl groups excluding tert-OH is 2. The molecule has 0 spiro atoms. The van der Waals surface area contributed by atoms with Crippen LogP contribution in [0.3, 0.4) is 0 Å². The third-order valence-electron chi connectivity index (χ3n) is 14.2. The molecule has 0 aromatic carbocycles. The molecule has 3 heterocycles. The fourth-order valence-corrected chi connectivity index (χ4v) is 10.1. The van der Waals surface area contributed by atoms with Gasteiger partial charge in [0.2, 0.25) is 0 Å². The molecule has 1 unspecified atom stereocenters. The molecule has 58 heavy (non-hydrogen) atoms. The molecule has 1 aliphatic carbocycles. The quantitative estimate of drug-likeness (QED) is 0.148. The second-order valence-corrected chi connectivity index (χ2v) is 19.3. The van der Waals surface area contributed by atoms with Gasteiger partial charge in [-0.2, -0.15) is 0 Å². The van der Waals surface area contributed by atoms with Crippen molar-refractivity contribution in [2.24, 2.45) is 29.4 Å². The Labute approximate surface area is 347 Å². The summed E-state index contributed by atoms with van der Waals surface area (Å²) in [6.45, 7) is 18.8. The Morgan fingerprint density at radius 3 is 2.22 bits per heavy atom. The van der Waals surface area contributed by atoms with E-state index in [-0.39, 0.29) is 44.5 Å². The summed E-state index contributed by atoms with van der Waals surface area (Å²) in [5.41, 5.74) is 0.327. The summed E-state index contributed by atoms with van der Waals surface area (Å²) < 4.78 is 38.2. The van der Waals surface area contributed by atoms with Crippen LogP contribution in [0.2, 0.25) is 0 Å². The molecule has 340 valence electrons. The predicted molar refractivity (Wildman–Crippen MR) is 218 cm³/mol. The normalized spacial score (nSPS) is 48.5. The van der Waals surface area contributed by atoms with Crippen molar-refractivity contribution in [2.45, 2.75) is 217 Å². The molecule has 0 bridgehead atoms. The van der Waals surface area contributed by atoms with Crippen LogP contribution in [0, 0.1) is 23.7 Å². The summed E-state index contributed by atoms with van der Waals surface area (Å²) in [6, 6.07) is -0.952. The zero-order chi connectivity index (χ0) is 43.4. The summed E-state index contributed by atoms with van der Waals surface area (Å²) in [4.78, 5) is 14.3. The number of aliphatic hydroxyl groups is 5. The Balaban J connectivity index is 1.72. The van der Waals surface area contributed by atoms with Crippen LogP contribution in [0.4, 0.5) is 0 Å². The predicted octanol–water partition coefficient (Wildman–Crippen LogP) is 2.50. The van der Waals surface area contributed by atoms with Gasteiger partial charge in [0.15, 0.2) is 12.6 Å². The number of methoxy groups -OCH3 is 1. The van der Waals surface area contributed by atoms with Crippen molar-refractivity contribution in [1.82, 2.24) is 10.6 Å². The van der Waals surface area contributed by atoms with Gasteiger partial charge in [0.25, 0.3) is 0 Å². The van der Waals surface area contributed by atoms with Crippen molar-refractivity contribution in [1.29, 1.82) is 0 Å². The van der Waals surface area contributed by atoms with E-state index in [1.54, 1.807) is 48.7 Å². The van der Waals surface area contributed by atoms with Gasteiger partial charge in [0.05, 0.1) is 42.0 Å². The van der Waals surface area contributed by atoms with Crippen molar-refractivity contribution in [3.63, 3.8) is 0 Å². The minimum Gasteiger partial charge on any atom is -0.459 e. The molecule has 0 aromatic heterocycles. The number of carbonyl (C=O) groups is 1. The lowest BCUT2D eigenvalue weighted by Crippen LogP contribution is -2.70. The minimum atomic E-state index is -1.80. The van der Waals surface area contributed by atoms with Gasteiger partial charge < -0.3 is 70.3 Å². The fraction of sp³-hybridized carbons (Fsp3) is 0.977. The fourth-order valence-electron chi connectivity index (χ4n) is 10.1. The van der Waals surface area contributed by atoms with Gasteiger partial charge in [-0.05, 0) is 99.0 Å².